The largest absolute Gasteiger partial charge is 0.481 e. The second-order valence-corrected chi connectivity index (χ2v) is 7.82. The number of carboxylic acids is 1. The predicted octanol–water partition coefficient (Wildman–Crippen LogP) is 2.91. The first-order valence-corrected chi connectivity index (χ1v) is 10.5. The number of amides is 2. The van der Waals surface area contributed by atoms with Crippen LogP contribution in [0.4, 0.5) is 4.79 Å². The molecule has 2 amide bonds. The molecule has 0 saturated heterocycles. The summed E-state index contributed by atoms with van der Waals surface area (Å²) in [5.41, 5.74) is 4.45. The van der Waals surface area contributed by atoms with Crippen LogP contribution >= 0.6 is 0 Å². The fourth-order valence-corrected chi connectivity index (χ4v) is 3.89. The lowest BCUT2D eigenvalue weighted by atomic mass is 9.98. The predicted molar refractivity (Wildman–Crippen MR) is 118 cm³/mol. The van der Waals surface area contributed by atoms with Gasteiger partial charge < -0.3 is 25.2 Å². The molecule has 0 aromatic heterocycles. The molecule has 0 radical (unpaired) electrons. The normalized spacial score (nSPS) is 14.1. The number of hydrogen-bond acceptors (Lipinski definition) is 5. The van der Waals surface area contributed by atoms with Crippen molar-refractivity contribution >= 4 is 18.0 Å². The number of fused-ring (bicyclic) bond motifs is 3. The molecule has 0 spiro atoms. The quantitative estimate of drug-likeness (QED) is 0.524. The molecule has 1 aliphatic carbocycles. The number of carboxylic acid groups (broad SMARTS) is 1. The lowest BCUT2D eigenvalue weighted by Crippen LogP contribution is -2.51. The zero-order valence-corrected chi connectivity index (χ0v) is 18.2. The van der Waals surface area contributed by atoms with Crippen LogP contribution < -0.4 is 10.6 Å². The number of rotatable bonds is 10. The van der Waals surface area contributed by atoms with Crippen molar-refractivity contribution in [3.63, 3.8) is 0 Å². The van der Waals surface area contributed by atoms with Gasteiger partial charge in [0, 0.05) is 25.5 Å². The molecule has 170 valence electrons. The van der Waals surface area contributed by atoms with Gasteiger partial charge in [-0.2, -0.15) is 0 Å². The highest BCUT2D eigenvalue weighted by atomic mass is 16.5. The summed E-state index contributed by atoms with van der Waals surface area (Å²) >= 11 is 0. The monoisotopic (exact) mass is 440 g/mol. The summed E-state index contributed by atoms with van der Waals surface area (Å²) in [6.07, 6.45) is -0.496. The molecule has 0 aliphatic heterocycles. The van der Waals surface area contributed by atoms with Crippen molar-refractivity contribution < 1.29 is 29.0 Å². The summed E-state index contributed by atoms with van der Waals surface area (Å²) in [5, 5.41) is 14.0. The first-order chi connectivity index (χ1) is 15.4. The van der Waals surface area contributed by atoms with Gasteiger partial charge in [0.05, 0.1) is 6.61 Å². The molecule has 2 atom stereocenters. The molecule has 2 aromatic carbocycles. The minimum absolute atomic E-state index is 0.0400. The Kier molecular flexibility index (Phi) is 7.83. The zero-order valence-electron chi connectivity index (χ0n) is 18.2. The van der Waals surface area contributed by atoms with Gasteiger partial charge in [-0.3, -0.25) is 9.59 Å². The van der Waals surface area contributed by atoms with Crippen molar-refractivity contribution in [1.29, 1.82) is 0 Å². The van der Waals surface area contributed by atoms with E-state index in [1.54, 1.807) is 6.92 Å². The molecule has 8 nitrogen and oxygen atoms in total. The number of carbonyl (C=O) groups is 3. The Labute approximate surface area is 186 Å². The molecule has 32 heavy (non-hydrogen) atoms. The van der Waals surface area contributed by atoms with Crippen molar-refractivity contribution in [1.82, 2.24) is 10.6 Å². The summed E-state index contributed by atoms with van der Waals surface area (Å²) in [6.45, 7) is 1.80. The van der Waals surface area contributed by atoms with E-state index in [9.17, 15) is 14.4 Å². The molecular formula is C24H28N2O6. The van der Waals surface area contributed by atoms with Crippen LogP contribution in [0.3, 0.4) is 0 Å². The fourth-order valence-electron chi connectivity index (χ4n) is 3.89. The second kappa shape index (κ2) is 10.8. The minimum Gasteiger partial charge on any atom is -0.481 e. The van der Waals surface area contributed by atoms with Gasteiger partial charge in [-0.1, -0.05) is 48.5 Å². The Morgan fingerprint density at radius 2 is 1.59 bits per heavy atom. The molecular weight excluding hydrogens is 412 g/mol. The van der Waals surface area contributed by atoms with E-state index in [-0.39, 0.29) is 38.0 Å². The third-order valence-corrected chi connectivity index (χ3v) is 5.47. The smallest absolute Gasteiger partial charge is 0.407 e. The summed E-state index contributed by atoms with van der Waals surface area (Å²) in [7, 11) is 1.42. The number of nitrogens with one attached hydrogen (secondary N) is 2. The lowest BCUT2D eigenvalue weighted by Gasteiger charge is -2.21. The summed E-state index contributed by atoms with van der Waals surface area (Å²) < 4.78 is 10.5. The van der Waals surface area contributed by atoms with E-state index in [4.69, 9.17) is 14.6 Å². The average molecular weight is 440 g/mol. The zero-order chi connectivity index (χ0) is 23.1. The van der Waals surface area contributed by atoms with Crippen LogP contribution in [0.25, 0.3) is 11.1 Å². The van der Waals surface area contributed by atoms with E-state index in [1.165, 1.54) is 7.11 Å². The third kappa shape index (κ3) is 5.64. The minimum atomic E-state index is -0.956. The number of hydrogen-bond donors (Lipinski definition) is 3. The van der Waals surface area contributed by atoms with Crippen molar-refractivity contribution in [3.05, 3.63) is 59.7 Å². The fraction of sp³-hybridized carbons (Fsp3) is 0.375. The van der Waals surface area contributed by atoms with Gasteiger partial charge in [0.15, 0.2) is 0 Å². The van der Waals surface area contributed by atoms with Gasteiger partial charge in [-0.05, 0) is 35.6 Å². The lowest BCUT2D eigenvalue weighted by molar-refractivity contribution is -0.137. The van der Waals surface area contributed by atoms with E-state index in [0.29, 0.717) is 0 Å². The number of alkyl carbamates (subject to hydrolysis) is 1. The van der Waals surface area contributed by atoms with E-state index in [1.807, 2.05) is 36.4 Å². The van der Waals surface area contributed by atoms with Crippen LogP contribution in [0.5, 0.6) is 0 Å². The maximum atomic E-state index is 12.5. The van der Waals surface area contributed by atoms with Crippen LogP contribution in [0, 0.1) is 0 Å². The Bertz CT molecular complexity index is 931. The van der Waals surface area contributed by atoms with Crippen LogP contribution in [0.2, 0.25) is 0 Å². The highest BCUT2D eigenvalue weighted by Gasteiger charge is 2.30. The van der Waals surface area contributed by atoms with Gasteiger partial charge >= 0.3 is 12.1 Å². The SMILES string of the molecule is COC[C@H](NC(=O)OCC1c2ccccc2-c2ccccc21)C(=O)NC(C)CCC(=O)O. The summed E-state index contributed by atoms with van der Waals surface area (Å²) in [4.78, 5) is 35.7. The van der Waals surface area contributed by atoms with Crippen molar-refractivity contribution in [2.45, 2.75) is 37.8 Å². The Morgan fingerprint density at radius 1 is 1.00 bits per heavy atom. The molecule has 8 heteroatoms. The van der Waals surface area contributed by atoms with Crippen LogP contribution in [0.15, 0.2) is 48.5 Å². The van der Waals surface area contributed by atoms with E-state index < -0.39 is 24.0 Å². The van der Waals surface area contributed by atoms with Gasteiger partial charge in [0.25, 0.3) is 0 Å². The highest BCUT2D eigenvalue weighted by molar-refractivity contribution is 5.86. The Morgan fingerprint density at radius 3 is 2.16 bits per heavy atom. The molecule has 1 aliphatic rings. The van der Waals surface area contributed by atoms with Crippen LogP contribution in [-0.2, 0) is 19.1 Å². The van der Waals surface area contributed by atoms with Gasteiger partial charge in [0.2, 0.25) is 5.91 Å². The number of benzene rings is 2. The van der Waals surface area contributed by atoms with Crippen LogP contribution in [-0.4, -0.2) is 55.5 Å². The average Bonchev–Trinajstić information content (AvgIpc) is 3.10. The van der Waals surface area contributed by atoms with E-state index in [2.05, 4.69) is 22.8 Å². The Balaban J connectivity index is 1.59. The maximum absolute atomic E-state index is 12.5. The molecule has 2 aromatic rings. The van der Waals surface area contributed by atoms with Gasteiger partial charge in [-0.15, -0.1) is 0 Å². The molecule has 0 saturated carbocycles. The first kappa shape index (κ1) is 23.3. The topological polar surface area (TPSA) is 114 Å². The first-order valence-electron chi connectivity index (χ1n) is 10.5. The Hall–Kier alpha value is -3.39. The second-order valence-electron chi connectivity index (χ2n) is 7.82. The van der Waals surface area contributed by atoms with E-state index >= 15 is 0 Å². The summed E-state index contributed by atoms with van der Waals surface area (Å²) in [6, 6.07) is 14.7. The van der Waals surface area contributed by atoms with Gasteiger partial charge in [0.1, 0.15) is 12.6 Å². The maximum Gasteiger partial charge on any atom is 0.407 e. The van der Waals surface area contributed by atoms with Crippen molar-refractivity contribution in [3.8, 4) is 11.1 Å². The molecule has 0 bridgehead atoms. The molecule has 3 rings (SSSR count). The number of methoxy groups -OCH3 is 1. The van der Waals surface area contributed by atoms with Crippen molar-refractivity contribution in [2.24, 2.45) is 0 Å². The standard InChI is InChI=1S/C24H28N2O6/c1-15(11-12-22(27)28)25-23(29)21(14-31-2)26-24(30)32-13-20-18-9-5-3-7-16(18)17-8-4-6-10-19(17)20/h3-10,15,20-21H,11-14H2,1-2H3,(H,25,29)(H,26,30)(H,27,28)/t15?,21-/m0/s1. The third-order valence-electron chi connectivity index (χ3n) is 5.47. The number of aliphatic carboxylic acids is 1. The number of ether oxygens (including phenoxy) is 2. The summed E-state index contributed by atoms with van der Waals surface area (Å²) in [5.74, 6) is -1.48. The molecule has 3 N–H and O–H groups in total. The van der Waals surface area contributed by atoms with Gasteiger partial charge in [-0.25, -0.2) is 4.79 Å². The van der Waals surface area contributed by atoms with Crippen LogP contribution in [0.1, 0.15) is 36.8 Å². The van der Waals surface area contributed by atoms with Crippen molar-refractivity contribution in [2.75, 3.05) is 20.3 Å². The molecule has 0 heterocycles. The molecule has 0 fully saturated rings. The van der Waals surface area contributed by atoms with E-state index in [0.717, 1.165) is 22.3 Å². The molecule has 1 unspecified atom stereocenters. The number of carbonyl (C=O) groups excluding carboxylic acids is 2. The highest BCUT2D eigenvalue weighted by Crippen LogP contribution is 2.44.